The van der Waals surface area contributed by atoms with Gasteiger partial charge in [0.25, 0.3) is 0 Å². The monoisotopic (exact) mass is 339 g/mol. The fourth-order valence-electron chi connectivity index (χ4n) is 1.73. The number of nitrogens with two attached hydrogens (primary N) is 1. The van der Waals surface area contributed by atoms with Crippen LogP contribution >= 0.6 is 24.8 Å². The first-order valence-corrected chi connectivity index (χ1v) is 6.42. The van der Waals surface area contributed by atoms with E-state index in [1.54, 1.807) is 19.1 Å². The standard InChI is InChI=1S/C14H22FN3O.2ClH/c1-11(16)9-14(19)17-7-8-18(2)10-12-3-5-13(15)6-4-12;;/h3-6,11H,7-10,16H2,1-2H3,(H,17,19);2*1H. The Labute approximate surface area is 138 Å². The summed E-state index contributed by atoms with van der Waals surface area (Å²) >= 11 is 0. The van der Waals surface area contributed by atoms with E-state index in [-0.39, 0.29) is 42.6 Å². The zero-order valence-corrected chi connectivity index (χ0v) is 14.0. The molecule has 1 aromatic rings. The molecule has 3 N–H and O–H groups in total. The molecule has 0 aliphatic heterocycles. The summed E-state index contributed by atoms with van der Waals surface area (Å²) in [7, 11) is 1.96. The average molecular weight is 340 g/mol. The average Bonchev–Trinajstić information content (AvgIpc) is 2.31. The predicted molar refractivity (Wildman–Crippen MR) is 88.5 cm³/mol. The van der Waals surface area contributed by atoms with Crippen molar-refractivity contribution in [3.8, 4) is 0 Å². The van der Waals surface area contributed by atoms with Crippen LogP contribution in [-0.4, -0.2) is 37.0 Å². The number of hydrogen-bond donors (Lipinski definition) is 2. The van der Waals surface area contributed by atoms with Gasteiger partial charge in [0.15, 0.2) is 0 Å². The van der Waals surface area contributed by atoms with Crippen molar-refractivity contribution in [2.24, 2.45) is 5.73 Å². The van der Waals surface area contributed by atoms with Gasteiger partial charge in [0.2, 0.25) is 5.91 Å². The van der Waals surface area contributed by atoms with Crippen molar-refractivity contribution in [2.75, 3.05) is 20.1 Å². The van der Waals surface area contributed by atoms with Crippen molar-refractivity contribution in [3.63, 3.8) is 0 Å². The summed E-state index contributed by atoms with van der Waals surface area (Å²) < 4.78 is 12.7. The number of rotatable bonds is 7. The highest BCUT2D eigenvalue weighted by atomic mass is 35.5. The first-order chi connectivity index (χ1) is 8.97. The molecule has 0 aliphatic rings. The molecule has 0 fully saturated rings. The minimum absolute atomic E-state index is 0. The zero-order valence-electron chi connectivity index (χ0n) is 12.3. The molecule has 0 aromatic heterocycles. The number of carbonyl (C=O) groups excluding carboxylic acids is 1. The minimum Gasteiger partial charge on any atom is -0.355 e. The number of likely N-dealkylation sites (N-methyl/N-ethyl adjacent to an activating group) is 1. The van der Waals surface area contributed by atoms with Crippen LogP contribution in [0.3, 0.4) is 0 Å². The van der Waals surface area contributed by atoms with Crippen molar-refractivity contribution in [1.82, 2.24) is 10.2 Å². The Hall–Kier alpha value is -0.880. The molecule has 1 rings (SSSR count). The highest BCUT2D eigenvalue weighted by Gasteiger charge is 2.05. The molecular weight excluding hydrogens is 316 g/mol. The number of halogens is 3. The summed E-state index contributed by atoms with van der Waals surface area (Å²) in [5.41, 5.74) is 6.58. The largest absolute Gasteiger partial charge is 0.355 e. The van der Waals surface area contributed by atoms with E-state index < -0.39 is 0 Å². The van der Waals surface area contributed by atoms with Crippen LogP contribution < -0.4 is 11.1 Å². The van der Waals surface area contributed by atoms with Gasteiger partial charge in [-0.05, 0) is 31.7 Å². The van der Waals surface area contributed by atoms with E-state index in [0.29, 0.717) is 13.0 Å². The van der Waals surface area contributed by atoms with Gasteiger partial charge in [0.1, 0.15) is 5.82 Å². The first-order valence-electron chi connectivity index (χ1n) is 6.42. The van der Waals surface area contributed by atoms with Gasteiger partial charge in [-0.3, -0.25) is 4.79 Å². The SMILES string of the molecule is CC(N)CC(=O)NCCN(C)Cc1ccc(F)cc1.Cl.Cl. The lowest BCUT2D eigenvalue weighted by molar-refractivity contribution is -0.121. The van der Waals surface area contributed by atoms with Crippen LogP contribution in [0.5, 0.6) is 0 Å². The van der Waals surface area contributed by atoms with E-state index in [9.17, 15) is 9.18 Å². The van der Waals surface area contributed by atoms with E-state index in [1.165, 1.54) is 12.1 Å². The van der Waals surface area contributed by atoms with Crippen molar-refractivity contribution < 1.29 is 9.18 Å². The van der Waals surface area contributed by atoms with E-state index in [0.717, 1.165) is 18.7 Å². The molecule has 21 heavy (non-hydrogen) atoms. The molecule has 1 aromatic carbocycles. The molecule has 7 heteroatoms. The quantitative estimate of drug-likeness (QED) is 0.798. The molecule has 4 nitrogen and oxygen atoms in total. The first kappa shape index (κ1) is 22.4. The number of nitrogens with zero attached hydrogens (tertiary/aromatic N) is 1. The number of nitrogens with one attached hydrogen (secondary N) is 1. The molecule has 122 valence electrons. The molecule has 0 radical (unpaired) electrons. The highest BCUT2D eigenvalue weighted by Crippen LogP contribution is 2.04. The van der Waals surface area contributed by atoms with Gasteiger partial charge in [-0.25, -0.2) is 4.39 Å². The zero-order chi connectivity index (χ0) is 14.3. The molecule has 0 heterocycles. The molecule has 1 unspecified atom stereocenters. The Morgan fingerprint density at radius 2 is 1.90 bits per heavy atom. The second-order valence-electron chi connectivity index (χ2n) is 4.90. The topological polar surface area (TPSA) is 58.4 Å². The molecule has 0 spiro atoms. The van der Waals surface area contributed by atoms with E-state index in [2.05, 4.69) is 10.2 Å². The van der Waals surface area contributed by atoms with E-state index in [1.807, 2.05) is 7.05 Å². The Morgan fingerprint density at radius 1 is 1.33 bits per heavy atom. The summed E-state index contributed by atoms with van der Waals surface area (Å²) in [4.78, 5) is 13.4. The Balaban J connectivity index is 0. The van der Waals surface area contributed by atoms with Gasteiger partial charge >= 0.3 is 0 Å². The van der Waals surface area contributed by atoms with Crippen LogP contribution in [0.2, 0.25) is 0 Å². The predicted octanol–water partition coefficient (Wildman–Crippen LogP) is 1.95. The summed E-state index contributed by atoms with van der Waals surface area (Å²) in [5, 5.41) is 2.82. The maximum atomic E-state index is 12.7. The van der Waals surface area contributed by atoms with Gasteiger partial charge in [-0.2, -0.15) is 0 Å². The van der Waals surface area contributed by atoms with Gasteiger partial charge in [0, 0.05) is 32.1 Å². The van der Waals surface area contributed by atoms with Crippen LogP contribution in [0.1, 0.15) is 18.9 Å². The molecule has 1 amide bonds. The van der Waals surface area contributed by atoms with Crippen molar-refractivity contribution in [3.05, 3.63) is 35.6 Å². The highest BCUT2D eigenvalue weighted by molar-refractivity contribution is 5.85. The van der Waals surface area contributed by atoms with Gasteiger partial charge < -0.3 is 16.0 Å². The van der Waals surface area contributed by atoms with Crippen LogP contribution in [0.25, 0.3) is 0 Å². The number of hydrogen-bond acceptors (Lipinski definition) is 3. The number of amides is 1. The number of carbonyl (C=O) groups is 1. The molecule has 0 saturated heterocycles. The van der Waals surface area contributed by atoms with Crippen molar-refractivity contribution in [2.45, 2.75) is 25.9 Å². The third-order valence-electron chi connectivity index (χ3n) is 2.69. The molecule has 0 aliphatic carbocycles. The lowest BCUT2D eigenvalue weighted by Gasteiger charge is -2.17. The fourth-order valence-corrected chi connectivity index (χ4v) is 1.73. The summed E-state index contributed by atoms with van der Waals surface area (Å²) in [6.45, 7) is 3.86. The Morgan fingerprint density at radius 3 is 2.43 bits per heavy atom. The fraction of sp³-hybridized carbons (Fsp3) is 0.500. The van der Waals surface area contributed by atoms with Crippen LogP contribution in [-0.2, 0) is 11.3 Å². The van der Waals surface area contributed by atoms with Crippen LogP contribution in [0.4, 0.5) is 4.39 Å². The lowest BCUT2D eigenvalue weighted by Crippen LogP contribution is -2.35. The van der Waals surface area contributed by atoms with Crippen molar-refractivity contribution in [1.29, 1.82) is 0 Å². The van der Waals surface area contributed by atoms with Gasteiger partial charge in [-0.1, -0.05) is 12.1 Å². The molecule has 1 atom stereocenters. The Bertz CT molecular complexity index is 402. The van der Waals surface area contributed by atoms with Crippen LogP contribution in [0, 0.1) is 5.82 Å². The van der Waals surface area contributed by atoms with Gasteiger partial charge in [0.05, 0.1) is 0 Å². The maximum Gasteiger partial charge on any atom is 0.221 e. The van der Waals surface area contributed by atoms with E-state index >= 15 is 0 Å². The lowest BCUT2D eigenvalue weighted by atomic mass is 10.2. The molecule has 0 bridgehead atoms. The van der Waals surface area contributed by atoms with Crippen LogP contribution in [0.15, 0.2) is 24.3 Å². The normalized spacial score (nSPS) is 11.3. The molecule has 0 saturated carbocycles. The van der Waals surface area contributed by atoms with Gasteiger partial charge in [-0.15, -0.1) is 24.8 Å². The third-order valence-corrected chi connectivity index (χ3v) is 2.69. The summed E-state index contributed by atoms with van der Waals surface area (Å²) in [6.07, 6.45) is 0.349. The smallest absolute Gasteiger partial charge is 0.221 e. The molecular formula is C14H24Cl2FN3O. The number of benzene rings is 1. The van der Waals surface area contributed by atoms with Crippen molar-refractivity contribution >= 4 is 30.7 Å². The maximum absolute atomic E-state index is 12.7. The minimum atomic E-state index is -0.227. The van der Waals surface area contributed by atoms with E-state index in [4.69, 9.17) is 5.73 Å². The third kappa shape index (κ3) is 10.5. The summed E-state index contributed by atoms with van der Waals surface area (Å²) in [5.74, 6) is -0.250. The second kappa shape index (κ2) is 11.7. The second-order valence-corrected chi connectivity index (χ2v) is 4.90. The summed E-state index contributed by atoms with van der Waals surface area (Å²) in [6, 6.07) is 6.32. The Kier molecular flexibility index (Phi) is 12.5.